The zero-order valence-electron chi connectivity index (χ0n) is 8.13. The van der Waals surface area contributed by atoms with Crippen LogP contribution in [0, 0.1) is 17.1 Å². The number of carbonyl (C=O) groups excluding carboxylic acids is 1. The van der Waals surface area contributed by atoms with Crippen molar-refractivity contribution in [1.29, 1.82) is 5.26 Å². The van der Waals surface area contributed by atoms with Crippen LogP contribution in [-0.2, 0) is 4.74 Å². The topological polar surface area (TPSA) is 50.1 Å². The molecule has 0 heterocycles. The smallest absolute Gasteiger partial charge is 0.341 e. The van der Waals surface area contributed by atoms with Crippen molar-refractivity contribution in [2.45, 2.75) is 6.43 Å². The summed E-state index contributed by atoms with van der Waals surface area (Å²) >= 11 is 0. The van der Waals surface area contributed by atoms with Gasteiger partial charge in [-0.3, -0.25) is 0 Å². The fraction of sp³-hybridized carbons (Fsp3) is 0.200. The third kappa shape index (κ3) is 2.14. The van der Waals surface area contributed by atoms with Crippen LogP contribution >= 0.6 is 0 Å². The lowest BCUT2D eigenvalue weighted by atomic mass is 10.0. The highest BCUT2D eigenvalue weighted by Crippen LogP contribution is 2.27. The van der Waals surface area contributed by atoms with E-state index in [4.69, 9.17) is 5.26 Å². The minimum Gasteiger partial charge on any atom is -0.465 e. The van der Waals surface area contributed by atoms with Crippen LogP contribution in [0.2, 0.25) is 0 Å². The average Bonchev–Trinajstić information content (AvgIpc) is 2.26. The minimum atomic E-state index is -3.06. The predicted octanol–water partition coefficient (Wildman–Crippen LogP) is 2.42. The van der Waals surface area contributed by atoms with Crippen LogP contribution in [0.15, 0.2) is 12.1 Å². The van der Waals surface area contributed by atoms with E-state index >= 15 is 0 Å². The molecule has 0 aliphatic heterocycles. The highest BCUT2D eigenvalue weighted by molar-refractivity contribution is 5.91. The van der Waals surface area contributed by atoms with E-state index in [1.54, 1.807) is 0 Å². The van der Waals surface area contributed by atoms with Crippen molar-refractivity contribution in [3.8, 4) is 6.07 Å². The zero-order chi connectivity index (χ0) is 12.3. The van der Waals surface area contributed by atoms with Crippen LogP contribution in [0.3, 0.4) is 0 Å². The molecule has 0 unspecified atom stereocenters. The van der Waals surface area contributed by atoms with Gasteiger partial charge in [0.15, 0.2) is 0 Å². The highest BCUT2D eigenvalue weighted by Gasteiger charge is 2.24. The highest BCUT2D eigenvalue weighted by atomic mass is 19.3. The van der Waals surface area contributed by atoms with Gasteiger partial charge in [-0.05, 0) is 12.1 Å². The molecular weight excluding hydrogens is 223 g/mol. The number of nitrogens with zero attached hydrogens (tertiary/aromatic N) is 1. The zero-order valence-corrected chi connectivity index (χ0v) is 8.13. The number of benzene rings is 1. The molecule has 1 rings (SSSR count). The fourth-order valence-corrected chi connectivity index (χ4v) is 1.18. The lowest BCUT2D eigenvalue weighted by molar-refractivity contribution is 0.0583. The number of carbonyl (C=O) groups is 1. The maximum atomic E-state index is 13.3. The van der Waals surface area contributed by atoms with E-state index in [0.717, 1.165) is 13.2 Å². The summed E-state index contributed by atoms with van der Waals surface area (Å²) in [4.78, 5) is 11.1. The third-order valence-corrected chi connectivity index (χ3v) is 1.87. The molecule has 0 saturated carbocycles. The summed E-state index contributed by atoms with van der Waals surface area (Å²) in [6.45, 7) is 0. The van der Waals surface area contributed by atoms with E-state index in [9.17, 15) is 18.0 Å². The van der Waals surface area contributed by atoms with Gasteiger partial charge in [-0.1, -0.05) is 0 Å². The molecule has 0 radical (unpaired) electrons. The largest absolute Gasteiger partial charge is 0.465 e. The van der Waals surface area contributed by atoms with Crippen molar-refractivity contribution in [3.63, 3.8) is 0 Å². The summed E-state index contributed by atoms with van der Waals surface area (Å²) in [5.74, 6) is -2.39. The number of hydrogen-bond acceptors (Lipinski definition) is 3. The molecule has 0 amide bonds. The quantitative estimate of drug-likeness (QED) is 0.731. The molecule has 0 aromatic heterocycles. The number of nitriles is 1. The Morgan fingerprint density at radius 2 is 2.12 bits per heavy atom. The van der Waals surface area contributed by atoms with Crippen molar-refractivity contribution < 1.29 is 22.7 Å². The van der Waals surface area contributed by atoms with Gasteiger partial charge in [0.05, 0.1) is 18.7 Å². The monoisotopic (exact) mass is 229 g/mol. The van der Waals surface area contributed by atoms with Crippen molar-refractivity contribution in [3.05, 3.63) is 34.6 Å². The molecule has 1 aromatic rings. The van der Waals surface area contributed by atoms with E-state index in [2.05, 4.69) is 4.74 Å². The first-order valence-corrected chi connectivity index (χ1v) is 4.11. The van der Waals surface area contributed by atoms with Gasteiger partial charge in [0.25, 0.3) is 6.43 Å². The first kappa shape index (κ1) is 12.0. The van der Waals surface area contributed by atoms with Gasteiger partial charge in [0.1, 0.15) is 11.4 Å². The molecule has 0 atom stereocenters. The van der Waals surface area contributed by atoms with E-state index in [0.29, 0.717) is 6.07 Å². The lowest BCUT2D eigenvalue weighted by Gasteiger charge is -2.08. The summed E-state index contributed by atoms with van der Waals surface area (Å²) in [5, 5.41) is 8.48. The van der Waals surface area contributed by atoms with Crippen molar-refractivity contribution in [2.75, 3.05) is 7.11 Å². The number of ether oxygens (including phenoxy) is 1. The summed E-state index contributed by atoms with van der Waals surface area (Å²) in [6.07, 6.45) is -3.06. The first-order valence-electron chi connectivity index (χ1n) is 4.11. The summed E-state index contributed by atoms with van der Waals surface area (Å²) in [5.41, 5.74) is -1.96. The normalized spacial score (nSPS) is 10.0. The number of halogens is 3. The summed E-state index contributed by atoms with van der Waals surface area (Å²) in [7, 11) is 0.954. The Balaban J connectivity index is 3.47. The van der Waals surface area contributed by atoms with Gasteiger partial charge < -0.3 is 4.74 Å². The Bertz CT molecular complexity index is 466. The number of esters is 1. The van der Waals surface area contributed by atoms with Crippen LogP contribution in [0.4, 0.5) is 13.2 Å². The molecule has 16 heavy (non-hydrogen) atoms. The van der Waals surface area contributed by atoms with Crippen molar-refractivity contribution in [1.82, 2.24) is 0 Å². The van der Waals surface area contributed by atoms with Crippen LogP contribution < -0.4 is 0 Å². The van der Waals surface area contributed by atoms with Gasteiger partial charge >= 0.3 is 5.97 Å². The Morgan fingerprint density at radius 3 is 2.56 bits per heavy atom. The van der Waals surface area contributed by atoms with E-state index < -0.39 is 29.3 Å². The predicted molar refractivity (Wildman–Crippen MR) is 47.4 cm³/mol. The molecular formula is C10H6F3NO2. The molecule has 0 N–H and O–H groups in total. The molecule has 0 aliphatic carbocycles. The molecule has 6 heteroatoms. The SMILES string of the molecule is COC(=O)c1c(F)cc(C#N)cc1C(F)F. The number of alkyl halides is 2. The van der Waals surface area contributed by atoms with Crippen LogP contribution in [0.5, 0.6) is 0 Å². The Kier molecular flexibility index (Phi) is 3.51. The number of methoxy groups -OCH3 is 1. The summed E-state index contributed by atoms with van der Waals surface area (Å²) in [6, 6.07) is 2.99. The maximum absolute atomic E-state index is 13.3. The second-order valence-electron chi connectivity index (χ2n) is 2.83. The molecule has 0 saturated heterocycles. The number of hydrogen-bond donors (Lipinski definition) is 0. The molecule has 0 aliphatic rings. The molecule has 84 valence electrons. The van der Waals surface area contributed by atoms with Gasteiger partial charge in [0.2, 0.25) is 0 Å². The maximum Gasteiger partial charge on any atom is 0.341 e. The Labute approximate surface area is 89.1 Å². The van der Waals surface area contributed by atoms with Crippen LogP contribution in [-0.4, -0.2) is 13.1 Å². The van der Waals surface area contributed by atoms with Crippen LogP contribution in [0.25, 0.3) is 0 Å². The van der Waals surface area contributed by atoms with Gasteiger partial charge in [-0.2, -0.15) is 5.26 Å². The molecule has 0 spiro atoms. The fourth-order valence-electron chi connectivity index (χ4n) is 1.18. The third-order valence-electron chi connectivity index (χ3n) is 1.87. The molecule has 0 fully saturated rings. The summed E-state index contributed by atoms with van der Waals surface area (Å²) < 4.78 is 42.6. The van der Waals surface area contributed by atoms with Crippen molar-refractivity contribution in [2.24, 2.45) is 0 Å². The van der Waals surface area contributed by atoms with Crippen molar-refractivity contribution >= 4 is 5.97 Å². The Hall–Kier alpha value is -2.03. The minimum absolute atomic E-state index is 0.277. The lowest BCUT2D eigenvalue weighted by Crippen LogP contribution is -2.10. The molecule has 1 aromatic carbocycles. The van der Waals surface area contributed by atoms with E-state index in [1.807, 2.05) is 0 Å². The molecule has 3 nitrogen and oxygen atoms in total. The van der Waals surface area contributed by atoms with E-state index in [1.165, 1.54) is 6.07 Å². The van der Waals surface area contributed by atoms with Gasteiger partial charge in [0, 0.05) is 5.56 Å². The molecule has 0 bridgehead atoms. The number of rotatable bonds is 2. The van der Waals surface area contributed by atoms with Crippen LogP contribution in [0.1, 0.15) is 27.9 Å². The average molecular weight is 229 g/mol. The second-order valence-corrected chi connectivity index (χ2v) is 2.83. The van der Waals surface area contributed by atoms with Gasteiger partial charge in [-0.15, -0.1) is 0 Å². The van der Waals surface area contributed by atoms with Gasteiger partial charge in [-0.25, -0.2) is 18.0 Å². The second kappa shape index (κ2) is 4.66. The standard InChI is InChI=1S/C10H6F3NO2/c1-16-10(15)8-6(9(12)13)2-5(4-14)3-7(8)11/h2-3,9H,1H3. The van der Waals surface area contributed by atoms with E-state index in [-0.39, 0.29) is 5.56 Å². The Morgan fingerprint density at radius 1 is 1.50 bits per heavy atom. The first-order chi connectivity index (χ1) is 7.51.